The van der Waals surface area contributed by atoms with Gasteiger partial charge in [0, 0.05) is 34.5 Å². The number of carbonyl (C=O) groups is 1. The lowest BCUT2D eigenvalue weighted by Crippen LogP contribution is -2.19. The molecule has 0 aliphatic heterocycles. The Morgan fingerprint density at radius 2 is 2.00 bits per heavy atom. The van der Waals surface area contributed by atoms with Gasteiger partial charge in [-0.2, -0.15) is 0 Å². The molecule has 1 atom stereocenters. The Kier molecular flexibility index (Phi) is 5.74. The normalized spacial score (nSPS) is 13.0. The molecule has 3 rings (SSSR count). The second-order valence-electron chi connectivity index (χ2n) is 7.60. The number of aryl methyl sites for hydroxylation is 1. The monoisotopic (exact) mass is 396 g/mol. The van der Waals surface area contributed by atoms with Crippen molar-refractivity contribution in [1.82, 2.24) is 15.0 Å². The van der Waals surface area contributed by atoms with Crippen molar-refractivity contribution in [2.24, 2.45) is 0 Å². The predicted octanol–water partition coefficient (Wildman–Crippen LogP) is 5.04. The molecule has 1 N–H and O–H groups in total. The van der Waals surface area contributed by atoms with Gasteiger partial charge in [-0.25, -0.2) is 9.97 Å². The molecule has 0 saturated heterocycles. The van der Waals surface area contributed by atoms with Crippen LogP contribution in [0.25, 0.3) is 12.2 Å². The van der Waals surface area contributed by atoms with Crippen molar-refractivity contribution in [3.8, 4) is 0 Å². The van der Waals surface area contributed by atoms with E-state index in [0.29, 0.717) is 11.0 Å². The van der Waals surface area contributed by atoms with Crippen LogP contribution in [0.15, 0.2) is 35.1 Å². The van der Waals surface area contributed by atoms with Crippen molar-refractivity contribution in [2.75, 3.05) is 5.32 Å². The quantitative estimate of drug-likeness (QED) is 0.653. The Labute approximate surface area is 168 Å². The van der Waals surface area contributed by atoms with Crippen LogP contribution in [0.4, 0.5) is 5.13 Å². The molecule has 146 valence electrons. The standard InChI is InChI=1S/C21H24N4O2S/c1-13(16-7-6-10-22-14(16)2)19(26)25-20-24-11-15(28-20)8-9-18-23-12-17(27-18)21(3,4)5/h6-13H,1-5H3,(H,24,25,26)/b9-8+. The van der Waals surface area contributed by atoms with Crippen LogP contribution >= 0.6 is 11.3 Å². The van der Waals surface area contributed by atoms with Gasteiger partial charge in [-0.1, -0.05) is 38.2 Å². The van der Waals surface area contributed by atoms with E-state index in [9.17, 15) is 4.79 Å². The zero-order valence-corrected chi connectivity index (χ0v) is 17.5. The van der Waals surface area contributed by atoms with Crippen LogP contribution in [0.1, 0.15) is 61.4 Å². The molecule has 0 aliphatic carbocycles. The van der Waals surface area contributed by atoms with Crippen LogP contribution in [0.5, 0.6) is 0 Å². The summed E-state index contributed by atoms with van der Waals surface area (Å²) in [5.41, 5.74) is 1.69. The summed E-state index contributed by atoms with van der Waals surface area (Å²) in [4.78, 5) is 26.2. The molecule has 0 aromatic carbocycles. The summed E-state index contributed by atoms with van der Waals surface area (Å²) >= 11 is 1.39. The first-order valence-corrected chi connectivity index (χ1v) is 9.88. The molecule has 7 heteroatoms. The third kappa shape index (κ3) is 4.72. The molecule has 0 bridgehead atoms. The van der Waals surface area contributed by atoms with Crippen LogP contribution in [0, 0.1) is 6.92 Å². The SMILES string of the molecule is Cc1ncccc1C(C)C(=O)Nc1ncc(/C=C/c2ncc(C(C)(C)C)o2)s1. The lowest BCUT2D eigenvalue weighted by Gasteiger charge is -2.12. The number of nitrogens with zero attached hydrogens (tertiary/aromatic N) is 3. The fourth-order valence-corrected chi connectivity index (χ4v) is 3.32. The molecule has 28 heavy (non-hydrogen) atoms. The molecular weight excluding hydrogens is 372 g/mol. The zero-order chi connectivity index (χ0) is 20.3. The Morgan fingerprint density at radius 1 is 1.21 bits per heavy atom. The highest BCUT2D eigenvalue weighted by Gasteiger charge is 2.19. The van der Waals surface area contributed by atoms with Gasteiger partial charge in [0.15, 0.2) is 5.13 Å². The van der Waals surface area contributed by atoms with Gasteiger partial charge in [0.25, 0.3) is 0 Å². The molecule has 3 heterocycles. The van der Waals surface area contributed by atoms with Gasteiger partial charge < -0.3 is 9.73 Å². The van der Waals surface area contributed by atoms with Gasteiger partial charge in [0.1, 0.15) is 5.76 Å². The number of oxazole rings is 1. The first kappa shape index (κ1) is 19.9. The second kappa shape index (κ2) is 8.06. The smallest absolute Gasteiger partial charge is 0.233 e. The van der Waals surface area contributed by atoms with Crippen molar-refractivity contribution in [2.45, 2.75) is 46.0 Å². The number of rotatable bonds is 5. The molecule has 0 fully saturated rings. The number of carbonyl (C=O) groups excluding carboxylic acids is 1. The first-order chi connectivity index (χ1) is 13.2. The Balaban J connectivity index is 1.65. The van der Waals surface area contributed by atoms with Gasteiger partial charge in [0.2, 0.25) is 11.8 Å². The van der Waals surface area contributed by atoms with Crippen LogP contribution in [0.2, 0.25) is 0 Å². The van der Waals surface area contributed by atoms with Crippen molar-refractivity contribution in [3.63, 3.8) is 0 Å². The third-order valence-electron chi connectivity index (χ3n) is 4.31. The van der Waals surface area contributed by atoms with Gasteiger partial charge in [-0.3, -0.25) is 9.78 Å². The van der Waals surface area contributed by atoms with Crippen molar-refractivity contribution in [1.29, 1.82) is 0 Å². The minimum atomic E-state index is -0.306. The largest absolute Gasteiger partial charge is 0.441 e. The fourth-order valence-electron chi connectivity index (χ4n) is 2.60. The summed E-state index contributed by atoms with van der Waals surface area (Å²) in [5.74, 6) is 0.969. The van der Waals surface area contributed by atoms with Crippen molar-refractivity contribution >= 4 is 34.5 Å². The van der Waals surface area contributed by atoms with Gasteiger partial charge in [-0.15, -0.1) is 0 Å². The molecule has 1 unspecified atom stereocenters. The average Bonchev–Trinajstić information content (AvgIpc) is 3.29. The predicted molar refractivity (Wildman–Crippen MR) is 112 cm³/mol. The van der Waals surface area contributed by atoms with E-state index < -0.39 is 0 Å². The summed E-state index contributed by atoms with van der Waals surface area (Å²) in [7, 11) is 0. The highest BCUT2D eigenvalue weighted by Crippen LogP contribution is 2.25. The van der Waals surface area contributed by atoms with E-state index in [0.717, 1.165) is 21.9 Å². The maximum atomic E-state index is 12.5. The number of hydrogen-bond acceptors (Lipinski definition) is 6. The zero-order valence-electron chi connectivity index (χ0n) is 16.7. The molecule has 0 saturated carbocycles. The number of aromatic nitrogens is 3. The number of pyridine rings is 1. The van der Waals surface area contributed by atoms with Crippen LogP contribution in [-0.2, 0) is 10.2 Å². The van der Waals surface area contributed by atoms with Gasteiger partial charge in [0.05, 0.1) is 12.1 Å². The molecular formula is C21H24N4O2S. The second-order valence-corrected chi connectivity index (χ2v) is 8.67. The average molecular weight is 397 g/mol. The lowest BCUT2D eigenvalue weighted by molar-refractivity contribution is -0.117. The van der Waals surface area contributed by atoms with E-state index in [1.807, 2.05) is 32.1 Å². The minimum absolute atomic E-state index is 0.0790. The van der Waals surface area contributed by atoms with Crippen LogP contribution in [0.3, 0.4) is 0 Å². The van der Waals surface area contributed by atoms with E-state index >= 15 is 0 Å². The summed E-state index contributed by atoms with van der Waals surface area (Å²) < 4.78 is 5.74. The molecule has 0 spiro atoms. The maximum Gasteiger partial charge on any atom is 0.233 e. The first-order valence-electron chi connectivity index (χ1n) is 9.06. The summed E-state index contributed by atoms with van der Waals surface area (Å²) in [6, 6.07) is 3.76. The molecule has 3 aromatic rings. The van der Waals surface area contributed by atoms with Crippen molar-refractivity contribution in [3.05, 3.63) is 58.5 Å². The summed E-state index contributed by atoms with van der Waals surface area (Å²) in [5, 5.41) is 3.43. The van der Waals surface area contributed by atoms with E-state index in [1.165, 1.54) is 11.3 Å². The molecule has 3 aromatic heterocycles. The minimum Gasteiger partial charge on any atom is -0.441 e. The number of anilines is 1. The Hall–Kier alpha value is -2.80. The molecule has 0 radical (unpaired) electrons. The fraction of sp³-hybridized carbons (Fsp3) is 0.333. The van der Waals surface area contributed by atoms with E-state index in [4.69, 9.17) is 4.42 Å². The van der Waals surface area contributed by atoms with Crippen LogP contribution < -0.4 is 5.32 Å². The molecule has 6 nitrogen and oxygen atoms in total. The number of hydrogen-bond donors (Lipinski definition) is 1. The Bertz CT molecular complexity index is 998. The maximum absolute atomic E-state index is 12.5. The third-order valence-corrected chi connectivity index (χ3v) is 5.19. The van der Waals surface area contributed by atoms with Crippen LogP contribution in [-0.4, -0.2) is 20.9 Å². The van der Waals surface area contributed by atoms with Gasteiger partial charge >= 0.3 is 0 Å². The van der Waals surface area contributed by atoms with Gasteiger partial charge in [-0.05, 0) is 31.6 Å². The summed E-state index contributed by atoms with van der Waals surface area (Å²) in [6.45, 7) is 10.00. The topological polar surface area (TPSA) is 80.9 Å². The highest BCUT2D eigenvalue weighted by atomic mass is 32.1. The molecule has 0 aliphatic rings. The number of nitrogens with one attached hydrogen (secondary N) is 1. The summed E-state index contributed by atoms with van der Waals surface area (Å²) in [6.07, 6.45) is 8.86. The Morgan fingerprint density at radius 3 is 2.68 bits per heavy atom. The van der Waals surface area contributed by atoms with E-state index in [2.05, 4.69) is 41.0 Å². The van der Waals surface area contributed by atoms with E-state index in [-0.39, 0.29) is 17.2 Å². The number of thiazole rings is 1. The van der Waals surface area contributed by atoms with E-state index in [1.54, 1.807) is 24.7 Å². The number of amides is 1. The lowest BCUT2D eigenvalue weighted by atomic mass is 9.94. The molecule has 1 amide bonds. The highest BCUT2D eigenvalue weighted by molar-refractivity contribution is 7.16. The van der Waals surface area contributed by atoms with Crippen molar-refractivity contribution < 1.29 is 9.21 Å².